The number of hydrogen-bond donors (Lipinski definition) is 1. The van der Waals surface area contributed by atoms with Crippen molar-refractivity contribution in [3.8, 4) is 0 Å². The molecule has 0 saturated heterocycles. The monoisotopic (exact) mass is 286 g/mol. The predicted molar refractivity (Wildman–Crippen MR) is 93.4 cm³/mol. The molecule has 1 nitrogen and oxygen atoms in total. The molecule has 0 rings (SSSR count). The summed E-state index contributed by atoms with van der Waals surface area (Å²) in [6.45, 7) is 7.14. The second-order valence-corrected chi connectivity index (χ2v) is 5.97. The van der Waals surface area contributed by atoms with Gasteiger partial charge in [0.25, 0.3) is 0 Å². The molecular weight excluding hydrogens is 244 g/mol. The van der Waals surface area contributed by atoms with E-state index in [4.69, 9.17) is 5.11 Å². The van der Waals surface area contributed by atoms with Crippen LogP contribution in [0.1, 0.15) is 117 Å². The van der Waals surface area contributed by atoms with Gasteiger partial charge in [0.2, 0.25) is 0 Å². The first-order valence-corrected chi connectivity index (χ1v) is 9.44. The van der Waals surface area contributed by atoms with Crippen molar-refractivity contribution in [1.29, 1.82) is 0 Å². The van der Waals surface area contributed by atoms with Gasteiger partial charge in [-0.15, -0.1) is 0 Å². The molecule has 0 aromatic carbocycles. The minimum atomic E-state index is 0.369. The van der Waals surface area contributed by atoms with Gasteiger partial charge in [-0.2, -0.15) is 0 Å². The van der Waals surface area contributed by atoms with Gasteiger partial charge in [-0.25, -0.2) is 0 Å². The Morgan fingerprint density at radius 3 is 0.900 bits per heavy atom. The lowest BCUT2D eigenvalue weighted by Gasteiger charge is -1.97. The third-order valence-electron chi connectivity index (χ3n) is 3.72. The normalized spacial score (nSPS) is 10.2. The summed E-state index contributed by atoms with van der Waals surface area (Å²) in [7, 11) is 0. The molecular formula is C19H42O. The van der Waals surface area contributed by atoms with Crippen LogP contribution in [0.2, 0.25) is 0 Å². The summed E-state index contributed by atoms with van der Waals surface area (Å²) >= 11 is 0. The van der Waals surface area contributed by atoms with Crippen molar-refractivity contribution in [2.24, 2.45) is 0 Å². The molecule has 0 saturated carbocycles. The molecule has 0 spiro atoms. The molecule has 0 aliphatic heterocycles. The molecule has 0 atom stereocenters. The van der Waals surface area contributed by atoms with Gasteiger partial charge in [-0.3, -0.25) is 0 Å². The van der Waals surface area contributed by atoms with Crippen molar-refractivity contribution < 1.29 is 5.11 Å². The van der Waals surface area contributed by atoms with Crippen LogP contribution in [0.4, 0.5) is 0 Å². The average molecular weight is 287 g/mol. The minimum absolute atomic E-state index is 0.369. The number of unbranched alkanes of at least 4 members (excludes halogenated alkanes) is 13. The third-order valence-corrected chi connectivity index (χ3v) is 3.72. The molecule has 0 aliphatic rings. The second kappa shape index (κ2) is 24.0. The highest BCUT2D eigenvalue weighted by Gasteiger charge is 1.88. The van der Waals surface area contributed by atoms with E-state index in [1.165, 1.54) is 89.9 Å². The van der Waals surface area contributed by atoms with Crippen molar-refractivity contribution in [1.82, 2.24) is 0 Å². The molecule has 20 heavy (non-hydrogen) atoms. The zero-order valence-electron chi connectivity index (χ0n) is 14.8. The Kier molecular flexibility index (Phi) is 26.7. The maximum Gasteiger partial charge on any atom is 0.0431 e. The van der Waals surface area contributed by atoms with Gasteiger partial charge in [0.1, 0.15) is 0 Å². The fourth-order valence-electron chi connectivity index (χ4n) is 2.28. The lowest BCUT2D eigenvalue weighted by molar-refractivity contribution is 0.282. The average Bonchev–Trinajstić information content (AvgIpc) is 2.47. The van der Waals surface area contributed by atoms with Crippen LogP contribution in [0.5, 0.6) is 0 Å². The fraction of sp³-hybridized carbons (Fsp3) is 1.00. The summed E-state index contributed by atoms with van der Waals surface area (Å²) in [6, 6.07) is 0. The van der Waals surface area contributed by atoms with E-state index in [0.717, 1.165) is 6.42 Å². The summed E-state index contributed by atoms with van der Waals surface area (Å²) in [5, 5.41) is 8.47. The lowest BCUT2D eigenvalue weighted by Crippen LogP contribution is -1.83. The van der Waals surface area contributed by atoms with Gasteiger partial charge >= 0.3 is 0 Å². The first-order chi connectivity index (χ1) is 9.83. The quantitative estimate of drug-likeness (QED) is 0.345. The Bertz CT molecular complexity index is 102. The Hall–Kier alpha value is -0.0400. The van der Waals surface area contributed by atoms with Crippen molar-refractivity contribution in [2.45, 2.75) is 117 Å². The number of aliphatic hydroxyl groups is 1. The van der Waals surface area contributed by atoms with Crippen LogP contribution in [0.3, 0.4) is 0 Å². The van der Waals surface area contributed by atoms with Gasteiger partial charge < -0.3 is 5.11 Å². The summed E-state index contributed by atoms with van der Waals surface area (Å²) in [5.74, 6) is 0. The standard InChI is InChI=1S/C10H22.C9H20O/c1-3-5-7-9-10-8-6-4-2;1-2-3-4-5-6-7-8-9-10/h3-10H2,1-2H3;10H,2-9H2,1H3. The first kappa shape index (κ1) is 22.2. The van der Waals surface area contributed by atoms with Gasteiger partial charge in [0, 0.05) is 6.61 Å². The predicted octanol–water partition coefficient (Wildman–Crippen LogP) is 6.88. The molecule has 1 heteroatoms. The highest BCUT2D eigenvalue weighted by atomic mass is 16.2. The van der Waals surface area contributed by atoms with E-state index in [9.17, 15) is 0 Å². The number of rotatable bonds is 14. The summed E-state index contributed by atoms with van der Waals surface area (Å²) in [6.07, 6.45) is 20.4. The minimum Gasteiger partial charge on any atom is -0.396 e. The molecule has 0 amide bonds. The third kappa shape index (κ3) is 26.5. The highest BCUT2D eigenvalue weighted by Crippen LogP contribution is 2.07. The van der Waals surface area contributed by atoms with E-state index >= 15 is 0 Å². The van der Waals surface area contributed by atoms with Crippen LogP contribution in [-0.4, -0.2) is 11.7 Å². The van der Waals surface area contributed by atoms with E-state index in [1.54, 1.807) is 0 Å². The maximum atomic E-state index is 8.47. The SMILES string of the molecule is CCCCCCCCCC.CCCCCCCCCO. The molecule has 0 fully saturated rings. The molecule has 0 aliphatic carbocycles. The van der Waals surface area contributed by atoms with Crippen LogP contribution >= 0.6 is 0 Å². The van der Waals surface area contributed by atoms with Gasteiger partial charge in [0.05, 0.1) is 0 Å². The molecule has 0 unspecified atom stereocenters. The van der Waals surface area contributed by atoms with Crippen molar-refractivity contribution >= 4 is 0 Å². The highest BCUT2D eigenvalue weighted by molar-refractivity contribution is 4.44. The molecule has 0 heterocycles. The molecule has 0 aromatic rings. The van der Waals surface area contributed by atoms with E-state index in [1.807, 2.05) is 0 Å². The number of aliphatic hydroxyl groups excluding tert-OH is 1. The molecule has 0 bridgehead atoms. The van der Waals surface area contributed by atoms with Crippen LogP contribution in [0.15, 0.2) is 0 Å². The first-order valence-electron chi connectivity index (χ1n) is 9.44. The molecule has 0 aromatic heterocycles. The Morgan fingerprint density at radius 1 is 0.400 bits per heavy atom. The van der Waals surface area contributed by atoms with Crippen molar-refractivity contribution in [2.75, 3.05) is 6.61 Å². The van der Waals surface area contributed by atoms with Crippen LogP contribution in [0.25, 0.3) is 0 Å². The second-order valence-electron chi connectivity index (χ2n) is 5.97. The van der Waals surface area contributed by atoms with E-state index in [2.05, 4.69) is 20.8 Å². The Morgan fingerprint density at radius 2 is 0.650 bits per heavy atom. The number of hydrogen-bond acceptors (Lipinski definition) is 1. The van der Waals surface area contributed by atoms with Gasteiger partial charge in [-0.1, -0.05) is 111 Å². The zero-order chi connectivity index (χ0) is 15.3. The van der Waals surface area contributed by atoms with Crippen LogP contribution in [-0.2, 0) is 0 Å². The molecule has 0 radical (unpaired) electrons. The molecule has 1 N–H and O–H groups in total. The zero-order valence-corrected chi connectivity index (χ0v) is 14.8. The lowest BCUT2D eigenvalue weighted by atomic mass is 10.1. The van der Waals surface area contributed by atoms with Crippen molar-refractivity contribution in [3.63, 3.8) is 0 Å². The fourth-order valence-corrected chi connectivity index (χ4v) is 2.28. The van der Waals surface area contributed by atoms with Crippen LogP contribution in [0, 0.1) is 0 Å². The largest absolute Gasteiger partial charge is 0.396 e. The van der Waals surface area contributed by atoms with E-state index < -0.39 is 0 Å². The summed E-state index contributed by atoms with van der Waals surface area (Å²) < 4.78 is 0. The smallest absolute Gasteiger partial charge is 0.0431 e. The van der Waals surface area contributed by atoms with Crippen LogP contribution < -0.4 is 0 Å². The topological polar surface area (TPSA) is 20.2 Å². The Labute approximate surface area is 129 Å². The maximum absolute atomic E-state index is 8.47. The Balaban J connectivity index is 0. The van der Waals surface area contributed by atoms with E-state index in [-0.39, 0.29) is 0 Å². The van der Waals surface area contributed by atoms with Gasteiger partial charge in [-0.05, 0) is 6.42 Å². The van der Waals surface area contributed by atoms with Gasteiger partial charge in [0.15, 0.2) is 0 Å². The summed E-state index contributed by atoms with van der Waals surface area (Å²) in [4.78, 5) is 0. The molecule has 124 valence electrons. The van der Waals surface area contributed by atoms with Crippen molar-refractivity contribution in [3.05, 3.63) is 0 Å². The van der Waals surface area contributed by atoms with E-state index in [0.29, 0.717) is 6.61 Å². The summed E-state index contributed by atoms with van der Waals surface area (Å²) in [5.41, 5.74) is 0.